The van der Waals surface area contributed by atoms with Gasteiger partial charge in [-0.3, -0.25) is 4.79 Å². The van der Waals surface area contributed by atoms with Crippen LogP contribution in [0.2, 0.25) is 0 Å². The zero-order valence-corrected chi connectivity index (χ0v) is 13.5. The summed E-state index contributed by atoms with van der Waals surface area (Å²) in [7, 11) is 1.55. The molecule has 0 aliphatic carbocycles. The number of carboxylic acid groups (broad SMARTS) is 1. The van der Waals surface area contributed by atoms with Gasteiger partial charge in [0, 0.05) is 11.6 Å². The van der Waals surface area contributed by atoms with Gasteiger partial charge in [-0.05, 0) is 42.8 Å². The number of ether oxygens (including phenoxy) is 2. The predicted octanol–water partition coefficient (Wildman–Crippen LogP) is 3.57. The maximum absolute atomic E-state index is 11.6. The van der Waals surface area contributed by atoms with Crippen LogP contribution in [0.15, 0.2) is 48.5 Å². The lowest BCUT2D eigenvalue weighted by Crippen LogP contribution is -2.03. The highest BCUT2D eigenvalue weighted by Gasteiger charge is 2.10. The highest BCUT2D eigenvalue weighted by molar-refractivity contribution is 5.96. The number of hydrogen-bond acceptors (Lipinski definition) is 4. The van der Waals surface area contributed by atoms with Crippen molar-refractivity contribution in [2.45, 2.75) is 13.5 Å². The van der Waals surface area contributed by atoms with E-state index < -0.39 is 5.97 Å². The summed E-state index contributed by atoms with van der Waals surface area (Å²) in [5.74, 6) is 0.0380. The van der Waals surface area contributed by atoms with Crippen molar-refractivity contribution in [3.05, 3.63) is 65.2 Å². The molecule has 5 heteroatoms. The number of carboxylic acids is 1. The third-order valence-electron chi connectivity index (χ3n) is 3.37. The number of carbonyl (C=O) groups is 2. The van der Waals surface area contributed by atoms with Crippen LogP contribution in [-0.4, -0.2) is 24.0 Å². The predicted molar refractivity (Wildman–Crippen MR) is 90.4 cm³/mol. The highest BCUT2D eigenvalue weighted by Crippen LogP contribution is 2.25. The number of ketones is 1. The van der Waals surface area contributed by atoms with Crippen LogP contribution in [0.3, 0.4) is 0 Å². The van der Waals surface area contributed by atoms with Crippen molar-refractivity contribution < 1.29 is 24.2 Å². The van der Waals surface area contributed by atoms with Crippen LogP contribution in [0.5, 0.6) is 11.5 Å². The highest BCUT2D eigenvalue weighted by atomic mass is 16.5. The summed E-state index contributed by atoms with van der Waals surface area (Å²) in [6.07, 6.45) is 2.56. The molecule has 0 fully saturated rings. The van der Waals surface area contributed by atoms with E-state index in [0.29, 0.717) is 17.1 Å². The normalized spacial score (nSPS) is 10.6. The molecule has 0 atom stereocenters. The Hall–Kier alpha value is -3.08. The van der Waals surface area contributed by atoms with Crippen molar-refractivity contribution in [1.82, 2.24) is 0 Å². The second kappa shape index (κ2) is 7.97. The summed E-state index contributed by atoms with van der Waals surface area (Å²) in [4.78, 5) is 22.3. The van der Waals surface area contributed by atoms with Crippen molar-refractivity contribution in [2.24, 2.45) is 0 Å². The van der Waals surface area contributed by atoms with Crippen LogP contribution in [0.25, 0.3) is 6.08 Å². The van der Waals surface area contributed by atoms with Gasteiger partial charge in [-0.25, -0.2) is 4.79 Å². The van der Waals surface area contributed by atoms with Crippen LogP contribution < -0.4 is 9.47 Å². The molecule has 2 rings (SSSR count). The SMILES string of the molecule is COc1ccc(/C=C/C(=O)O)cc1COc1ccccc1C(C)=O. The van der Waals surface area contributed by atoms with Gasteiger partial charge in [0.15, 0.2) is 5.78 Å². The Morgan fingerprint density at radius 3 is 2.54 bits per heavy atom. The molecule has 5 nitrogen and oxygen atoms in total. The molecule has 0 bridgehead atoms. The van der Waals surface area contributed by atoms with Gasteiger partial charge in [-0.15, -0.1) is 0 Å². The minimum atomic E-state index is -1.01. The first-order valence-electron chi connectivity index (χ1n) is 7.32. The number of para-hydroxylation sites is 1. The van der Waals surface area contributed by atoms with Gasteiger partial charge in [-0.2, -0.15) is 0 Å². The zero-order valence-electron chi connectivity index (χ0n) is 13.5. The van der Waals surface area contributed by atoms with E-state index in [0.717, 1.165) is 17.2 Å². The van der Waals surface area contributed by atoms with E-state index in [1.807, 2.05) is 0 Å². The van der Waals surface area contributed by atoms with E-state index in [-0.39, 0.29) is 12.4 Å². The van der Waals surface area contributed by atoms with Gasteiger partial charge in [0.2, 0.25) is 0 Å². The summed E-state index contributed by atoms with van der Waals surface area (Å²) >= 11 is 0. The lowest BCUT2D eigenvalue weighted by molar-refractivity contribution is -0.131. The van der Waals surface area contributed by atoms with Crippen molar-refractivity contribution in [3.63, 3.8) is 0 Å². The maximum Gasteiger partial charge on any atom is 0.328 e. The third kappa shape index (κ3) is 4.46. The lowest BCUT2D eigenvalue weighted by Gasteiger charge is -2.13. The minimum absolute atomic E-state index is 0.0734. The standard InChI is InChI=1S/C19H18O5/c1-13(20)16-5-3-4-6-18(16)24-12-15-11-14(8-10-19(21)22)7-9-17(15)23-2/h3-11H,12H2,1-2H3,(H,21,22)/b10-8+. The average Bonchev–Trinajstić information content (AvgIpc) is 2.58. The molecule has 0 aliphatic rings. The summed E-state index contributed by atoms with van der Waals surface area (Å²) in [5, 5.41) is 8.71. The van der Waals surface area contributed by atoms with Gasteiger partial charge in [0.1, 0.15) is 18.1 Å². The van der Waals surface area contributed by atoms with Gasteiger partial charge >= 0.3 is 5.97 Å². The van der Waals surface area contributed by atoms with Gasteiger partial charge in [-0.1, -0.05) is 18.2 Å². The van der Waals surface area contributed by atoms with Crippen molar-refractivity contribution in [1.29, 1.82) is 0 Å². The van der Waals surface area contributed by atoms with E-state index in [9.17, 15) is 9.59 Å². The first-order chi connectivity index (χ1) is 11.5. The summed E-state index contributed by atoms with van der Waals surface area (Å²) in [5.41, 5.74) is 1.98. The van der Waals surface area contributed by atoms with Crippen LogP contribution in [-0.2, 0) is 11.4 Å². The number of Topliss-reactive ketones (excluding diaryl/α,β-unsaturated/α-hetero) is 1. The molecule has 0 spiro atoms. The topological polar surface area (TPSA) is 72.8 Å². The fourth-order valence-corrected chi connectivity index (χ4v) is 2.22. The molecule has 2 aromatic carbocycles. The molecule has 0 heterocycles. The summed E-state index contributed by atoms with van der Waals surface area (Å²) in [6.45, 7) is 1.68. The van der Waals surface area contributed by atoms with Crippen molar-refractivity contribution in [2.75, 3.05) is 7.11 Å². The van der Waals surface area contributed by atoms with Crippen molar-refractivity contribution >= 4 is 17.8 Å². The summed E-state index contributed by atoms with van der Waals surface area (Å²) in [6, 6.07) is 12.3. The number of rotatable bonds is 7. The summed E-state index contributed by atoms with van der Waals surface area (Å²) < 4.78 is 11.1. The maximum atomic E-state index is 11.6. The molecule has 0 radical (unpaired) electrons. The number of carbonyl (C=O) groups excluding carboxylic acids is 1. The van der Waals surface area contributed by atoms with Crippen LogP contribution in [0.4, 0.5) is 0 Å². The Kier molecular flexibility index (Phi) is 5.73. The fraction of sp³-hybridized carbons (Fsp3) is 0.158. The van der Waals surface area contributed by atoms with E-state index in [4.69, 9.17) is 14.6 Å². The second-order valence-electron chi connectivity index (χ2n) is 5.08. The Labute approximate surface area is 140 Å². The first kappa shape index (κ1) is 17.3. The Morgan fingerprint density at radius 1 is 1.12 bits per heavy atom. The monoisotopic (exact) mass is 326 g/mol. The largest absolute Gasteiger partial charge is 0.496 e. The molecular weight excluding hydrogens is 308 g/mol. The molecule has 0 aromatic heterocycles. The van der Waals surface area contributed by atoms with Gasteiger partial charge in [0.05, 0.1) is 12.7 Å². The number of aliphatic carboxylic acids is 1. The Balaban J connectivity index is 2.24. The van der Waals surface area contributed by atoms with E-state index in [1.165, 1.54) is 13.0 Å². The molecule has 0 amide bonds. The molecule has 24 heavy (non-hydrogen) atoms. The first-order valence-corrected chi connectivity index (χ1v) is 7.32. The molecular formula is C19H18O5. The quantitative estimate of drug-likeness (QED) is 0.622. The molecule has 0 saturated carbocycles. The van der Waals surface area contributed by atoms with Crippen molar-refractivity contribution in [3.8, 4) is 11.5 Å². The van der Waals surface area contributed by atoms with E-state index in [2.05, 4.69) is 0 Å². The molecule has 1 N–H and O–H groups in total. The fourth-order valence-electron chi connectivity index (χ4n) is 2.22. The van der Waals surface area contributed by atoms with Crippen LogP contribution in [0, 0.1) is 0 Å². The Bertz CT molecular complexity index is 777. The number of benzene rings is 2. The third-order valence-corrected chi connectivity index (χ3v) is 3.37. The van der Waals surface area contributed by atoms with E-state index >= 15 is 0 Å². The molecule has 0 saturated heterocycles. The van der Waals surface area contributed by atoms with Crippen LogP contribution in [0.1, 0.15) is 28.4 Å². The molecule has 0 aliphatic heterocycles. The lowest BCUT2D eigenvalue weighted by atomic mass is 10.1. The zero-order chi connectivity index (χ0) is 17.5. The van der Waals surface area contributed by atoms with E-state index in [1.54, 1.807) is 49.6 Å². The smallest absolute Gasteiger partial charge is 0.328 e. The van der Waals surface area contributed by atoms with Gasteiger partial charge in [0.25, 0.3) is 0 Å². The average molecular weight is 326 g/mol. The van der Waals surface area contributed by atoms with Gasteiger partial charge < -0.3 is 14.6 Å². The minimum Gasteiger partial charge on any atom is -0.496 e. The second-order valence-corrected chi connectivity index (χ2v) is 5.08. The Morgan fingerprint density at radius 2 is 1.88 bits per heavy atom. The number of hydrogen-bond donors (Lipinski definition) is 1. The molecule has 0 unspecified atom stereocenters. The van der Waals surface area contributed by atoms with Crippen LogP contribution >= 0.6 is 0 Å². The number of methoxy groups -OCH3 is 1. The molecule has 124 valence electrons. The molecule has 2 aromatic rings.